The minimum atomic E-state index is 0.255. The quantitative estimate of drug-likeness (QED) is 0.507. The molecule has 1 spiro atoms. The molecule has 1 nitrogen and oxygen atoms in total. The molecule has 2 rings (SSSR count). The normalized spacial score (nSPS) is 51.0. The van der Waals surface area contributed by atoms with Gasteiger partial charge in [-0.2, -0.15) is 0 Å². The molecule has 0 bridgehead atoms. The second-order valence-corrected chi connectivity index (χ2v) is 5.28. The molecule has 70 valence electrons. The molecule has 12 heavy (non-hydrogen) atoms. The van der Waals surface area contributed by atoms with Crippen LogP contribution in [0, 0.1) is 17.3 Å². The Bertz CT molecular complexity index is 181. The second kappa shape index (κ2) is 2.25. The summed E-state index contributed by atoms with van der Waals surface area (Å²) in [6, 6.07) is 0. The molecular weight excluding hydrogens is 148 g/mol. The van der Waals surface area contributed by atoms with Crippen LogP contribution in [-0.2, 0) is 4.74 Å². The Morgan fingerprint density at radius 1 is 1.08 bits per heavy atom. The summed E-state index contributed by atoms with van der Waals surface area (Å²) in [6.45, 7) is 10.5. The van der Waals surface area contributed by atoms with Gasteiger partial charge in [0.25, 0.3) is 0 Å². The third kappa shape index (κ3) is 0.834. The van der Waals surface area contributed by atoms with E-state index in [4.69, 9.17) is 4.74 Å². The Morgan fingerprint density at radius 2 is 1.58 bits per heavy atom. The van der Waals surface area contributed by atoms with Crippen molar-refractivity contribution in [1.82, 2.24) is 0 Å². The Labute approximate surface area is 75.5 Å². The molecule has 1 aliphatic carbocycles. The monoisotopic (exact) mass is 168 g/mol. The first-order valence-corrected chi connectivity index (χ1v) is 5.14. The van der Waals surface area contributed by atoms with E-state index in [0.29, 0.717) is 5.41 Å². The molecule has 0 aromatic heterocycles. The van der Waals surface area contributed by atoms with Gasteiger partial charge in [0.05, 0.1) is 12.2 Å². The van der Waals surface area contributed by atoms with E-state index in [2.05, 4.69) is 27.7 Å². The lowest BCUT2D eigenvalue weighted by atomic mass is 9.59. The summed E-state index contributed by atoms with van der Waals surface area (Å²) in [5.41, 5.74) is 0.648. The van der Waals surface area contributed by atoms with Crippen LogP contribution in [0.3, 0.4) is 0 Å². The lowest BCUT2D eigenvalue weighted by Crippen LogP contribution is -2.47. The molecule has 1 heterocycles. The number of hydrogen-bond donors (Lipinski definition) is 0. The smallest absolute Gasteiger partial charge is 0.0994 e. The summed E-state index contributed by atoms with van der Waals surface area (Å²) in [5, 5.41) is 0. The maximum Gasteiger partial charge on any atom is 0.0994 e. The predicted octanol–water partition coefficient (Wildman–Crippen LogP) is 2.85. The van der Waals surface area contributed by atoms with Crippen LogP contribution in [0.2, 0.25) is 0 Å². The summed E-state index contributed by atoms with van der Waals surface area (Å²) in [4.78, 5) is 0. The molecular formula is C11H20O. The van der Waals surface area contributed by atoms with E-state index >= 15 is 0 Å². The van der Waals surface area contributed by atoms with Crippen molar-refractivity contribution in [2.45, 2.75) is 46.1 Å². The first-order valence-electron chi connectivity index (χ1n) is 5.14. The standard InChI is InChI=1S/C11H20O/c1-8-5-6-9(2)11(7-12-11)10(8,3)4/h8-9H,5-7H2,1-4H3/t8-,9-,11-/m0/s1. The molecule has 0 N–H and O–H groups in total. The van der Waals surface area contributed by atoms with E-state index in [9.17, 15) is 0 Å². The molecule has 0 amide bonds. The van der Waals surface area contributed by atoms with E-state index in [1.807, 2.05) is 0 Å². The number of rotatable bonds is 0. The molecule has 2 aliphatic rings. The fraction of sp³-hybridized carbons (Fsp3) is 1.00. The van der Waals surface area contributed by atoms with Crippen molar-refractivity contribution >= 4 is 0 Å². The molecule has 1 heteroatoms. The number of epoxide rings is 1. The topological polar surface area (TPSA) is 12.5 Å². The van der Waals surface area contributed by atoms with Gasteiger partial charge in [-0.15, -0.1) is 0 Å². The summed E-state index contributed by atoms with van der Waals surface area (Å²) in [7, 11) is 0. The van der Waals surface area contributed by atoms with Crippen LogP contribution >= 0.6 is 0 Å². The zero-order valence-electron chi connectivity index (χ0n) is 8.68. The Hall–Kier alpha value is -0.0400. The minimum absolute atomic E-state index is 0.255. The van der Waals surface area contributed by atoms with Crippen LogP contribution in [0.4, 0.5) is 0 Å². The zero-order valence-corrected chi connectivity index (χ0v) is 8.68. The van der Waals surface area contributed by atoms with Crippen LogP contribution in [0.5, 0.6) is 0 Å². The maximum absolute atomic E-state index is 5.73. The zero-order chi connectivity index (χ0) is 8.98. The highest BCUT2D eigenvalue weighted by Crippen LogP contribution is 2.58. The van der Waals surface area contributed by atoms with Gasteiger partial charge in [0.1, 0.15) is 0 Å². The van der Waals surface area contributed by atoms with Crippen LogP contribution in [-0.4, -0.2) is 12.2 Å². The lowest BCUT2D eigenvalue weighted by molar-refractivity contribution is -0.00473. The summed E-state index contributed by atoms with van der Waals surface area (Å²) < 4.78 is 5.73. The second-order valence-electron chi connectivity index (χ2n) is 5.28. The Kier molecular flexibility index (Phi) is 1.61. The van der Waals surface area contributed by atoms with Crippen molar-refractivity contribution < 1.29 is 4.74 Å². The maximum atomic E-state index is 5.73. The number of hydrogen-bond acceptors (Lipinski definition) is 1. The van der Waals surface area contributed by atoms with Crippen molar-refractivity contribution in [2.75, 3.05) is 6.61 Å². The van der Waals surface area contributed by atoms with E-state index in [0.717, 1.165) is 18.4 Å². The minimum Gasteiger partial charge on any atom is -0.369 e. The van der Waals surface area contributed by atoms with Gasteiger partial charge < -0.3 is 4.74 Å². The van der Waals surface area contributed by atoms with Gasteiger partial charge in [-0.3, -0.25) is 0 Å². The van der Waals surface area contributed by atoms with Crippen molar-refractivity contribution in [3.63, 3.8) is 0 Å². The third-order valence-corrected chi connectivity index (χ3v) is 4.61. The van der Waals surface area contributed by atoms with E-state index in [1.165, 1.54) is 12.8 Å². The van der Waals surface area contributed by atoms with Crippen LogP contribution in [0.1, 0.15) is 40.5 Å². The Balaban J connectivity index is 2.27. The van der Waals surface area contributed by atoms with Crippen molar-refractivity contribution in [3.05, 3.63) is 0 Å². The average Bonchev–Trinajstić information content (AvgIpc) is 2.76. The van der Waals surface area contributed by atoms with Crippen molar-refractivity contribution in [2.24, 2.45) is 17.3 Å². The molecule has 0 unspecified atom stereocenters. The Morgan fingerprint density at radius 3 is 2.00 bits per heavy atom. The van der Waals surface area contributed by atoms with E-state index < -0.39 is 0 Å². The molecule has 1 aliphatic heterocycles. The first-order chi connectivity index (χ1) is 5.51. The van der Waals surface area contributed by atoms with E-state index in [1.54, 1.807) is 0 Å². The highest BCUT2D eigenvalue weighted by molar-refractivity contribution is 5.11. The first kappa shape index (κ1) is 8.55. The summed E-state index contributed by atoms with van der Waals surface area (Å²) in [6.07, 6.45) is 2.73. The fourth-order valence-corrected chi connectivity index (χ4v) is 2.88. The van der Waals surface area contributed by atoms with Crippen LogP contribution in [0.25, 0.3) is 0 Å². The highest BCUT2D eigenvalue weighted by Gasteiger charge is 2.63. The van der Waals surface area contributed by atoms with Gasteiger partial charge in [0, 0.05) is 0 Å². The molecule has 0 radical (unpaired) electrons. The molecule has 1 saturated heterocycles. The van der Waals surface area contributed by atoms with Gasteiger partial charge in [-0.25, -0.2) is 0 Å². The van der Waals surface area contributed by atoms with Gasteiger partial charge in [0.2, 0.25) is 0 Å². The molecule has 3 atom stereocenters. The van der Waals surface area contributed by atoms with Gasteiger partial charge in [-0.05, 0) is 30.1 Å². The van der Waals surface area contributed by atoms with Crippen molar-refractivity contribution in [3.8, 4) is 0 Å². The van der Waals surface area contributed by atoms with Crippen LogP contribution < -0.4 is 0 Å². The van der Waals surface area contributed by atoms with Gasteiger partial charge >= 0.3 is 0 Å². The van der Waals surface area contributed by atoms with Gasteiger partial charge in [0.15, 0.2) is 0 Å². The predicted molar refractivity (Wildman–Crippen MR) is 50.0 cm³/mol. The van der Waals surface area contributed by atoms with E-state index in [-0.39, 0.29) is 5.60 Å². The number of ether oxygens (including phenoxy) is 1. The van der Waals surface area contributed by atoms with Crippen molar-refractivity contribution in [1.29, 1.82) is 0 Å². The largest absolute Gasteiger partial charge is 0.369 e. The lowest BCUT2D eigenvalue weighted by Gasteiger charge is -2.45. The van der Waals surface area contributed by atoms with Gasteiger partial charge in [-0.1, -0.05) is 27.7 Å². The highest BCUT2D eigenvalue weighted by atomic mass is 16.6. The van der Waals surface area contributed by atoms with Crippen LogP contribution in [0.15, 0.2) is 0 Å². The summed E-state index contributed by atoms with van der Waals surface area (Å²) >= 11 is 0. The molecule has 1 saturated carbocycles. The molecule has 0 aromatic rings. The molecule has 0 aromatic carbocycles. The third-order valence-electron chi connectivity index (χ3n) is 4.61. The summed E-state index contributed by atoms with van der Waals surface area (Å²) in [5.74, 6) is 1.58. The SMILES string of the molecule is C[C@H]1CC[C@H](C)[C@@]2(CO2)C1(C)C. The average molecular weight is 168 g/mol. The fourth-order valence-electron chi connectivity index (χ4n) is 2.88. The molecule has 2 fully saturated rings.